The third-order valence-corrected chi connectivity index (χ3v) is 9.19. The zero-order valence-corrected chi connectivity index (χ0v) is 14.1. The number of nitrogens with zero attached hydrogens (tertiary/aromatic N) is 3. The van der Waals surface area contributed by atoms with Gasteiger partial charge in [0.1, 0.15) is 12.2 Å². The van der Waals surface area contributed by atoms with Crippen LogP contribution in [0.15, 0.2) is 52.1 Å². The van der Waals surface area contributed by atoms with E-state index in [0.29, 0.717) is 29.4 Å². The van der Waals surface area contributed by atoms with Crippen LogP contribution in [0.2, 0.25) is 0 Å². The number of fused-ring (bicyclic) bond motifs is 1. The summed E-state index contributed by atoms with van der Waals surface area (Å²) >= 11 is 0. The Morgan fingerprint density at radius 2 is 1.33 bits per heavy atom. The first-order chi connectivity index (χ1) is 13.3. The molecule has 0 radical (unpaired) electrons. The summed E-state index contributed by atoms with van der Waals surface area (Å²) in [6, 6.07) is 9.39. The van der Waals surface area contributed by atoms with Gasteiger partial charge < -0.3 is 0 Å². The molecule has 2 spiro atoms. The summed E-state index contributed by atoms with van der Waals surface area (Å²) in [6.07, 6.45) is 4.08. The third-order valence-electron chi connectivity index (χ3n) is 9.19. The van der Waals surface area contributed by atoms with Crippen LogP contribution in [0.4, 0.5) is 0 Å². The van der Waals surface area contributed by atoms with E-state index in [2.05, 4.69) is 12.2 Å². The molecule has 9 aliphatic rings. The fourth-order valence-electron chi connectivity index (χ4n) is 8.98. The van der Waals surface area contributed by atoms with Crippen molar-refractivity contribution in [1.82, 2.24) is 13.9 Å². The Morgan fingerprint density at radius 1 is 0.778 bits per heavy atom. The lowest BCUT2D eigenvalue weighted by atomic mass is 9.64. The van der Waals surface area contributed by atoms with Crippen molar-refractivity contribution in [2.75, 3.05) is 0 Å². The molecule has 1 aromatic carbocycles. The van der Waals surface area contributed by atoms with Gasteiger partial charge in [-0.15, -0.1) is 0 Å². The van der Waals surface area contributed by atoms with E-state index in [1.165, 1.54) is 4.57 Å². The minimum Gasteiger partial charge on any atom is -0.245 e. The molecule has 5 fully saturated rings. The first-order valence-corrected chi connectivity index (χ1v) is 9.77. The molecular formula is C20H15N3O4. The molecule has 5 aliphatic carbocycles. The van der Waals surface area contributed by atoms with Crippen molar-refractivity contribution >= 4 is 0 Å². The monoisotopic (exact) mass is 361 g/mol. The van der Waals surface area contributed by atoms with Crippen LogP contribution in [0.1, 0.15) is 12.1 Å². The zero-order chi connectivity index (χ0) is 17.4. The van der Waals surface area contributed by atoms with E-state index < -0.39 is 0 Å². The summed E-state index contributed by atoms with van der Waals surface area (Å²) in [5.74, 6) is 2.22. The lowest BCUT2D eigenvalue weighted by Crippen LogP contribution is -2.62. The van der Waals surface area contributed by atoms with Crippen molar-refractivity contribution in [3.05, 3.63) is 63.5 Å². The molecule has 1 aromatic heterocycles. The normalized spacial score (nSPS) is 54.8. The van der Waals surface area contributed by atoms with Crippen LogP contribution in [-0.4, -0.2) is 26.1 Å². The van der Waals surface area contributed by atoms with E-state index in [1.54, 1.807) is 0 Å². The second kappa shape index (κ2) is 3.29. The van der Waals surface area contributed by atoms with Crippen LogP contribution in [-0.2, 0) is 9.78 Å². The predicted molar refractivity (Wildman–Crippen MR) is 90.1 cm³/mol. The van der Waals surface area contributed by atoms with Gasteiger partial charge in [0.2, 0.25) is 0 Å². The molecule has 11 rings (SSSR count). The summed E-state index contributed by atoms with van der Waals surface area (Å²) in [4.78, 5) is 38.4. The van der Waals surface area contributed by atoms with E-state index in [9.17, 15) is 9.59 Å². The Labute approximate surface area is 152 Å². The summed E-state index contributed by atoms with van der Waals surface area (Å²) in [6.45, 7) is 0. The average Bonchev–Trinajstić information content (AvgIpc) is 3.50. The van der Waals surface area contributed by atoms with Gasteiger partial charge in [-0.3, -0.25) is 0 Å². The lowest BCUT2D eigenvalue weighted by molar-refractivity contribution is -0.403. The molecule has 1 saturated heterocycles. The Morgan fingerprint density at radius 3 is 1.85 bits per heavy atom. The Hall–Kier alpha value is -2.38. The second-order valence-electron chi connectivity index (χ2n) is 9.31. The van der Waals surface area contributed by atoms with Gasteiger partial charge >= 0.3 is 11.4 Å². The highest BCUT2D eigenvalue weighted by atomic mass is 17.2. The van der Waals surface area contributed by atoms with Crippen molar-refractivity contribution < 1.29 is 9.78 Å². The van der Waals surface area contributed by atoms with E-state index in [1.807, 2.05) is 39.7 Å². The fraction of sp³-hybridized carbons (Fsp3) is 0.500. The maximum Gasteiger partial charge on any atom is 0.352 e. The average molecular weight is 361 g/mol. The molecule has 4 saturated carbocycles. The van der Waals surface area contributed by atoms with Gasteiger partial charge in [-0.2, -0.15) is 0 Å². The van der Waals surface area contributed by atoms with Gasteiger partial charge in [-0.25, -0.2) is 33.3 Å². The van der Waals surface area contributed by atoms with Crippen LogP contribution in [0, 0.1) is 34.5 Å². The zero-order valence-electron chi connectivity index (χ0n) is 14.1. The Kier molecular flexibility index (Phi) is 1.57. The number of benzene rings is 1. The molecule has 0 N–H and O–H groups in total. The van der Waals surface area contributed by atoms with E-state index in [-0.39, 0.29) is 46.5 Å². The molecular weight excluding hydrogens is 346 g/mol. The quantitative estimate of drug-likeness (QED) is 0.553. The van der Waals surface area contributed by atoms with Crippen molar-refractivity contribution in [2.24, 2.45) is 34.5 Å². The smallest absolute Gasteiger partial charge is 0.245 e. The van der Waals surface area contributed by atoms with Crippen molar-refractivity contribution in [3.63, 3.8) is 0 Å². The van der Waals surface area contributed by atoms with Crippen LogP contribution in [0.5, 0.6) is 0 Å². The standard InChI is InChI=1S/C20H15N3O4/c24-17-21(8-4-2-1-3-5-8)18(25)23-16-13-11-12(13)15(22(17)23)19-9-6-7-10(27-26-9)20(16,19)14(11)19/h1-7,9-16H/t9-,10-,11?,12+,13+,14?,15+,16+,19-,20-/m1/s1. The number of aromatic nitrogens is 3. The fourth-order valence-corrected chi connectivity index (χ4v) is 8.98. The third kappa shape index (κ3) is 0.870. The first-order valence-electron chi connectivity index (χ1n) is 9.77. The molecule has 4 bridgehead atoms. The minimum absolute atomic E-state index is 0.0431. The SMILES string of the molecule is O=c1n(-c2ccccc2)c(=O)n2n1[C@H]1[C@H]3C4C5[C@]16[C@H]1C=C[C@@H](OO1)[C@]56[C@@H]2[C@@H]43. The van der Waals surface area contributed by atoms with Crippen LogP contribution in [0.25, 0.3) is 5.69 Å². The number of hydrogen-bond donors (Lipinski definition) is 0. The molecule has 4 aliphatic heterocycles. The Balaban J connectivity index is 1.41. The number of rotatable bonds is 1. The molecule has 8 atom stereocenters. The molecule has 2 aromatic rings. The summed E-state index contributed by atoms with van der Waals surface area (Å²) in [5.41, 5.74) is 0.152. The van der Waals surface area contributed by atoms with Gasteiger partial charge in [0, 0.05) is 10.8 Å². The molecule has 0 amide bonds. The van der Waals surface area contributed by atoms with Crippen molar-refractivity contribution in [3.8, 4) is 5.69 Å². The molecule has 134 valence electrons. The van der Waals surface area contributed by atoms with Crippen LogP contribution in [0.3, 0.4) is 0 Å². The molecule has 5 heterocycles. The topological polar surface area (TPSA) is 67.4 Å². The first kappa shape index (κ1) is 12.9. The van der Waals surface area contributed by atoms with E-state index in [0.717, 1.165) is 0 Å². The van der Waals surface area contributed by atoms with Crippen LogP contribution >= 0.6 is 0 Å². The van der Waals surface area contributed by atoms with E-state index in [4.69, 9.17) is 9.78 Å². The van der Waals surface area contributed by atoms with Gasteiger partial charge in [-0.05, 0) is 35.8 Å². The predicted octanol–water partition coefficient (Wildman–Crippen LogP) is 0.657. The highest BCUT2D eigenvalue weighted by molar-refractivity contribution is 5.55. The number of hydrogen-bond acceptors (Lipinski definition) is 4. The Bertz CT molecular complexity index is 1180. The highest BCUT2D eigenvalue weighted by Crippen LogP contribution is 3.05. The maximum atomic E-state index is 13.5. The summed E-state index contributed by atoms with van der Waals surface area (Å²) < 4.78 is 4.97. The van der Waals surface area contributed by atoms with Gasteiger partial charge in [0.25, 0.3) is 0 Å². The highest BCUT2D eigenvalue weighted by Gasteiger charge is 3.07. The second-order valence-corrected chi connectivity index (χ2v) is 9.31. The van der Waals surface area contributed by atoms with Gasteiger partial charge in [0.15, 0.2) is 0 Å². The maximum absolute atomic E-state index is 13.5. The minimum atomic E-state index is -0.202. The van der Waals surface area contributed by atoms with Crippen LogP contribution < -0.4 is 11.4 Å². The van der Waals surface area contributed by atoms with Gasteiger partial charge in [0.05, 0.1) is 17.8 Å². The van der Waals surface area contributed by atoms with Gasteiger partial charge in [-0.1, -0.05) is 30.4 Å². The lowest BCUT2D eigenvalue weighted by Gasteiger charge is -2.55. The molecule has 7 heteroatoms. The van der Waals surface area contributed by atoms with Crippen molar-refractivity contribution in [1.29, 1.82) is 0 Å². The van der Waals surface area contributed by atoms with E-state index >= 15 is 0 Å². The summed E-state index contributed by atoms with van der Waals surface area (Å²) in [5, 5.41) is 0. The molecule has 7 nitrogen and oxygen atoms in total. The largest absolute Gasteiger partial charge is 0.352 e. The number of para-hydroxylation sites is 1. The van der Waals surface area contributed by atoms with Crippen molar-refractivity contribution in [2.45, 2.75) is 24.3 Å². The summed E-state index contributed by atoms with van der Waals surface area (Å²) in [7, 11) is 0. The molecule has 0 unspecified atom stereocenters. The molecule has 27 heavy (non-hydrogen) atoms.